The van der Waals surface area contributed by atoms with E-state index in [9.17, 15) is 34.8 Å². The number of carboxylic acids is 2. The maximum Gasteiger partial charge on any atom is 0.336 e. The van der Waals surface area contributed by atoms with Gasteiger partial charge in [-0.3, -0.25) is 9.59 Å². The second-order valence-electron chi connectivity index (χ2n) is 11.3. The van der Waals surface area contributed by atoms with Crippen molar-refractivity contribution in [2.45, 2.75) is 64.1 Å². The molecule has 0 saturated carbocycles. The number of rotatable bonds is 18. The molecular formula is C37H49NO11. The Bertz CT molecular complexity index is 1460. The van der Waals surface area contributed by atoms with E-state index in [1.165, 1.54) is 12.1 Å². The summed E-state index contributed by atoms with van der Waals surface area (Å²) in [6.45, 7) is 11.0. The van der Waals surface area contributed by atoms with Crippen LogP contribution in [0.5, 0.6) is 17.2 Å². The first-order chi connectivity index (χ1) is 23.3. The molecular weight excluding hydrogens is 634 g/mol. The Morgan fingerprint density at radius 1 is 0.796 bits per heavy atom. The summed E-state index contributed by atoms with van der Waals surface area (Å²) < 4.78 is 17.6. The average Bonchev–Trinajstić information content (AvgIpc) is 3.07. The molecule has 0 amide bonds. The highest BCUT2D eigenvalue weighted by molar-refractivity contribution is 5.88. The Morgan fingerprint density at radius 2 is 1.31 bits per heavy atom. The number of carboxylic acid groups (broad SMARTS) is 2. The van der Waals surface area contributed by atoms with E-state index in [4.69, 9.17) is 19.3 Å². The molecule has 0 aromatic heterocycles. The van der Waals surface area contributed by atoms with Gasteiger partial charge < -0.3 is 44.6 Å². The van der Waals surface area contributed by atoms with Crippen LogP contribution in [0.4, 0.5) is 0 Å². The van der Waals surface area contributed by atoms with Gasteiger partial charge in [0.25, 0.3) is 0 Å². The van der Waals surface area contributed by atoms with Crippen LogP contribution in [0, 0.1) is 0 Å². The van der Waals surface area contributed by atoms with Gasteiger partial charge in [-0.15, -0.1) is 0 Å². The van der Waals surface area contributed by atoms with E-state index in [1.807, 2.05) is 19.1 Å². The number of hydrogen-bond donors (Lipinski definition) is 5. The summed E-state index contributed by atoms with van der Waals surface area (Å²) >= 11 is 0. The number of phenolic OH excluding ortho intramolecular Hbond substituents is 1. The molecule has 0 bridgehead atoms. The van der Waals surface area contributed by atoms with Gasteiger partial charge >= 0.3 is 17.9 Å². The minimum absolute atomic E-state index is 0.0277. The Labute approximate surface area is 287 Å². The summed E-state index contributed by atoms with van der Waals surface area (Å²) in [5.74, 6) is -4.01. The average molecular weight is 684 g/mol. The number of aliphatic hydroxyl groups excluding tert-OH is 1. The van der Waals surface area contributed by atoms with Crippen molar-refractivity contribution in [2.24, 2.45) is 0 Å². The number of nitrogens with zero attached hydrogens (tertiary/aromatic N) is 1. The first-order valence-electron chi connectivity index (χ1n) is 16.2. The molecule has 0 radical (unpaired) electrons. The van der Waals surface area contributed by atoms with Crippen LogP contribution < -0.4 is 9.47 Å². The van der Waals surface area contributed by atoms with Crippen LogP contribution in [-0.2, 0) is 24.7 Å². The molecule has 0 fully saturated rings. The van der Waals surface area contributed by atoms with Crippen molar-refractivity contribution in [3.8, 4) is 17.2 Å². The number of ether oxygens (including phenoxy) is 3. The van der Waals surface area contributed by atoms with E-state index in [1.54, 1.807) is 62.6 Å². The molecule has 3 rings (SSSR count). The van der Waals surface area contributed by atoms with Crippen LogP contribution in [-0.4, -0.2) is 93.9 Å². The summed E-state index contributed by atoms with van der Waals surface area (Å²) in [6.07, 6.45) is -1.92. The lowest BCUT2D eigenvalue weighted by Crippen LogP contribution is -2.46. The van der Waals surface area contributed by atoms with Gasteiger partial charge in [-0.25, -0.2) is 4.79 Å². The van der Waals surface area contributed by atoms with Crippen LogP contribution in [0.15, 0.2) is 72.8 Å². The van der Waals surface area contributed by atoms with E-state index < -0.39 is 47.9 Å². The largest absolute Gasteiger partial charge is 0.508 e. The van der Waals surface area contributed by atoms with E-state index in [0.717, 1.165) is 25.2 Å². The summed E-state index contributed by atoms with van der Waals surface area (Å²) in [5.41, 5.74) is -2.83. The van der Waals surface area contributed by atoms with Gasteiger partial charge in [-0.2, -0.15) is 0 Å². The van der Waals surface area contributed by atoms with Gasteiger partial charge in [0, 0.05) is 30.2 Å². The first-order valence-corrected chi connectivity index (χ1v) is 16.2. The zero-order valence-corrected chi connectivity index (χ0v) is 28.8. The van der Waals surface area contributed by atoms with Gasteiger partial charge in [-0.05, 0) is 68.4 Å². The molecule has 49 heavy (non-hydrogen) atoms. The molecule has 268 valence electrons. The number of aromatic hydroxyl groups is 1. The number of aliphatic carboxylic acids is 2. The number of aliphatic hydroxyl groups is 2. The molecule has 0 aliphatic rings. The van der Waals surface area contributed by atoms with Gasteiger partial charge in [0.1, 0.15) is 23.9 Å². The van der Waals surface area contributed by atoms with Crippen molar-refractivity contribution in [1.82, 2.24) is 4.90 Å². The minimum Gasteiger partial charge on any atom is -0.508 e. The fraction of sp³-hybridized carbons (Fsp3) is 0.432. The SMILES string of the molecule is CCC(c1ccc(OC)cc1)C(OC(=O)CC(O)(CC(=O)O)C(=O)O)(c1ccc(O)cc1)c1ccc(OCCN(CC)CC)cc1.CCO. The van der Waals surface area contributed by atoms with Gasteiger partial charge in [0.15, 0.2) is 11.2 Å². The predicted molar refractivity (Wildman–Crippen MR) is 183 cm³/mol. The van der Waals surface area contributed by atoms with Crippen molar-refractivity contribution >= 4 is 17.9 Å². The summed E-state index contributed by atoms with van der Waals surface area (Å²) in [6, 6.07) is 20.3. The quantitative estimate of drug-likeness (QED) is 0.116. The fourth-order valence-electron chi connectivity index (χ4n) is 5.61. The zero-order valence-electron chi connectivity index (χ0n) is 28.8. The monoisotopic (exact) mass is 683 g/mol. The number of phenols is 1. The summed E-state index contributed by atoms with van der Waals surface area (Å²) in [5, 5.41) is 47.4. The Hall–Kier alpha value is -4.65. The number of benzene rings is 3. The highest BCUT2D eigenvalue weighted by Gasteiger charge is 2.49. The third-order valence-corrected chi connectivity index (χ3v) is 8.12. The van der Waals surface area contributed by atoms with Crippen molar-refractivity contribution in [1.29, 1.82) is 0 Å². The van der Waals surface area contributed by atoms with Crippen molar-refractivity contribution in [3.63, 3.8) is 0 Å². The topological polar surface area (TPSA) is 183 Å². The maximum atomic E-state index is 13.7. The fourth-order valence-corrected chi connectivity index (χ4v) is 5.61. The van der Waals surface area contributed by atoms with Crippen LogP contribution in [0.1, 0.15) is 69.6 Å². The lowest BCUT2D eigenvalue weighted by atomic mass is 9.71. The second-order valence-corrected chi connectivity index (χ2v) is 11.3. The van der Waals surface area contributed by atoms with E-state index in [2.05, 4.69) is 18.7 Å². The van der Waals surface area contributed by atoms with E-state index in [-0.39, 0.29) is 12.4 Å². The molecule has 12 heteroatoms. The third kappa shape index (κ3) is 10.9. The number of likely N-dealkylation sites (N-methyl/N-ethyl adjacent to an activating group) is 1. The molecule has 12 nitrogen and oxygen atoms in total. The van der Waals surface area contributed by atoms with Crippen molar-refractivity contribution in [3.05, 3.63) is 89.5 Å². The van der Waals surface area contributed by atoms with Crippen LogP contribution >= 0.6 is 0 Å². The first kappa shape index (κ1) is 40.5. The van der Waals surface area contributed by atoms with Crippen LogP contribution in [0.2, 0.25) is 0 Å². The second kappa shape index (κ2) is 19.4. The van der Waals surface area contributed by atoms with Crippen LogP contribution in [0.25, 0.3) is 0 Å². The summed E-state index contributed by atoms with van der Waals surface area (Å²) in [7, 11) is 1.54. The molecule has 3 atom stereocenters. The van der Waals surface area contributed by atoms with E-state index in [0.29, 0.717) is 35.7 Å². The number of carbonyl (C=O) groups excluding carboxylic acids is 1. The Balaban J connectivity index is 0.00000267. The Kier molecular flexibility index (Phi) is 16.0. The smallest absolute Gasteiger partial charge is 0.336 e. The van der Waals surface area contributed by atoms with Gasteiger partial charge in [0.05, 0.1) is 20.0 Å². The zero-order chi connectivity index (χ0) is 36.6. The maximum absolute atomic E-state index is 13.7. The molecule has 0 saturated heterocycles. The molecule has 0 aliphatic carbocycles. The van der Waals surface area contributed by atoms with Gasteiger partial charge in [0.2, 0.25) is 0 Å². The molecule has 3 aromatic rings. The standard InChI is InChI=1S/C35H43NO10.C2H6O/c1-5-30(24-8-16-28(44-4)17-9-24)35(25-10-14-27(37)15-11-25,46-32(40)23-34(43,33(41)42)22-31(38)39)26-12-18-29(19-13-26)45-21-20-36(6-2)7-3;1-2-3/h8-19,30,37,43H,5-7,20-23H2,1-4H3,(H,38,39)(H,41,42);3H,2H2,1H3. The normalized spacial score (nSPS) is 14.0. The lowest BCUT2D eigenvalue weighted by molar-refractivity contribution is -0.177. The predicted octanol–water partition coefficient (Wildman–Crippen LogP) is 4.78. The lowest BCUT2D eigenvalue weighted by Gasteiger charge is -2.42. The molecule has 0 spiro atoms. The molecule has 5 N–H and O–H groups in total. The molecule has 3 unspecified atom stereocenters. The highest BCUT2D eigenvalue weighted by Crippen LogP contribution is 2.49. The number of methoxy groups -OCH3 is 1. The number of esters is 1. The van der Waals surface area contributed by atoms with E-state index >= 15 is 0 Å². The number of carbonyl (C=O) groups is 3. The van der Waals surface area contributed by atoms with Gasteiger partial charge in [-0.1, -0.05) is 57.2 Å². The molecule has 0 heterocycles. The number of hydrogen-bond acceptors (Lipinski definition) is 10. The third-order valence-electron chi connectivity index (χ3n) is 8.12. The van der Waals surface area contributed by atoms with Crippen molar-refractivity contribution < 1.29 is 54.1 Å². The summed E-state index contributed by atoms with van der Waals surface area (Å²) in [4.78, 5) is 39.3. The Morgan fingerprint density at radius 3 is 1.76 bits per heavy atom. The van der Waals surface area contributed by atoms with Crippen molar-refractivity contribution in [2.75, 3.05) is 40.0 Å². The molecule has 3 aromatic carbocycles. The van der Waals surface area contributed by atoms with Crippen LogP contribution in [0.3, 0.4) is 0 Å². The molecule has 0 aliphatic heterocycles. The minimum atomic E-state index is -2.91. The highest BCUT2D eigenvalue weighted by atomic mass is 16.6.